The summed E-state index contributed by atoms with van der Waals surface area (Å²) >= 11 is 0. The van der Waals surface area contributed by atoms with Gasteiger partial charge in [0.2, 0.25) is 0 Å². The first kappa shape index (κ1) is 17.5. The number of hydrogen-bond acceptors (Lipinski definition) is 3. The number of carboxylic acid groups (broad SMARTS) is 1. The van der Waals surface area contributed by atoms with Gasteiger partial charge in [0.25, 0.3) is 5.60 Å². The van der Waals surface area contributed by atoms with Crippen LogP contribution in [0.15, 0.2) is 23.8 Å². The molecule has 1 N–H and O–H groups in total. The summed E-state index contributed by atoms with van der Waals surface area (Å²) in [4.78, 5) is 11.1. The number of ether oxygens (including phenoxy) is 2. The smallest absolute Gasteiger partial charge is 0.478 e. The summed E-state index contributed by atoms with van der Waals surface area (Å²) in [5.74, 6) is -2.05. The van der Waals surface area contributed by atoms with Crippen LogP contribution in [0.1, 0.15) is 5.56 Å². The van der Waals surface area contributed by atoms with Crippen LogP contribution in [0.4, 0.5) is 26.3 Å². The highest BCUT2D eigenvalue weighted by atomic mass is 19.4. The molecule has 1 heterocycles. The monoisotopic (exact) mass is 352 g/mol. The Hall–Kier alpha value is -2.83. The summed E-state index contributed by atoms with van der Waals surface area (Å²) in [5, 5.41) is 8.99. The van der Waals surface area contributed by atoms with E-state index in [1.807, 2.05) is 0 Å². The van der Waals surface area contributed by atoms with Gasteiger partial charge >= 0.3 is 18.5 Å². The fourth-order valence-corrected chi connectivity index (χ4v) is 2.02. The number of rotatable bonds is 2. The minimum atomic E-state index is -5.27. The van der Waals surface area contributed by atoms with Crippen molar-refractivity contribution in [2.45, 2.75) is 18.1 Å². The van der Waals surface area contributed by atoms with Crippen molar-refractivity contribution in [2.24, 2.45) is 0 Å². The van der Waals surface area contributed by atoms with Gasteiger partial charge in [-0.25, -0.2) is 4.79 Å². The zero-order valence-corrected chi connectivity index (χ0v) is 11.3. The molecule has 0 radical (unpaired) electrons. The molecule has 0 aromatic heterocycles. The predicted octanol–water partition coefficient (Wildman–Crippen LogP) is 3.38. The van der Waals surface area contributed by atoms with Crippen molar-refractivity contribution in [1.82, 2.24) is 0 Å². The Balaban J connectivity index is 2.60. The third-order valence-corrected chi connectivity index (χ3v) is 2.99. The molecule has 1 unspecified atom stereocenters. The van der Waals surface area contributed by atoms with Gasteiger partial charge in [0, 0.05) is 5.56 Å². The molecule has 0 fully saturated rings. The van der Waals surface area contributed by atoms with E-state index in [1.54, 1.807) is 0 Å². The first-order chi connectivity index (χ1) is 10.9. The molecule has 1 aromatic rings. The molecule has 10 heteroatoms. The molecule has 4 nitrogen and oxygen atoms in total. The van der Waals surface area contributed by atoms with Crippen molar-refractivity contribution in [3.8, 4) is 23.8 Å². The number of hydrogen-bond donors (Lipinski definition) is 1. The highest BCUT2D eigenvalue weighted by Gasteiger charge is 2.62. The van der Waals surface area contributed by atoms with Crippen LogP contribution in [0, 0.1) is 12.3 Å². The van der Waals surface area contributed by atoms with Gasteiger partial charge in [0.1, 0.15) is 17.1 Å². The van der Waals surface area contributed by atoms with Crippen LogP contribution in [-0.4, -0.2) is 29.2 Å². The predicted molar refractivity (Wildman–Crippen MR) is 67.0 cm³/mol. The molecule has 0 saturated heterocycles. The SMILES string of the molecule is C#CC1(C(F)(F)F)Oc2ccc(OC(F)(F)F)cc2C=C1C(=O)O. The number of aliphatic carboxylic acids is 1. The third kappa shape index (κ3) is 2.97. The van der Waals surface area contributed by atoms with Gasteiger partial charge < -0.3 is 14.6 Å². The standard InChI is InChI=1S/C14H6F6O4/c1-2-12(13(15,16)17)9(11(21)22)6-7-5-8(23-14(18,19)20)3-4-10(7)24-12/h1,3-6H,(H,21,22). The van der Waals surface area contributed by atoms with Crippen LogP contribution in [0.25, 0.3) is 6.08 Å². The van der Waals surface area contributed by atoms with Crippen molar-refractivity contribution < 1.29 is 45.7 Å². The second kappa shape index (κ2) is 5.36. The summed E-state index contributed by atoms with van der Waals surface area (Å²) in [6, 6.07) is 2.16. The van der Waals surface area contributed by atoms with E-state index in [0.717, 1.165) is 6.07 Å². The van der Waals surface area contributed by atoms with E-state index in [-0.39, 0.29) is 5.56 Å². The Morgan fingerprint density at radius 1 is 1.25 bits per heavy atom. The van der Waals surface area contributed by atoms with Gasteiger partial charge in [-0.2, -0.15) is 13.2 Å². The zero-order valence-electron chi connectivity index (χ0n) is 11.3. The second-order valence-electron chi connectivity index (χ2n) is 4.54. The van der Waals surface area contributed by atoms with E-state index in [9.17, 15) is 31.1 Å². The van der Waals surface area contributed by atoms with E-state index in [4.69, 9.17) is 11.5 Å². The zero-order chi connectivity index (χ0) is 18.3. The van der Waals surface area contributed by atoms with E-state index >= 15 is 0 Å². The minimum absolute atomic E-state index is 0.357. The Morgan fingerprint density at radius 3 is 2.33 bits per heavy atom. The van der Waals surface area contributed by atoms with Crippen molar-refractivity contribution in [3.63, 3.8) is 0 Å². The number of benzene rings is 1. The molecule has 1 atom stereocenters. The second-order valence-corrected chi connectivity index (χ2v) is 4.54. The fraction of sp³-hybridized carbons (Fsp3) is 0.214. The maximum atomic E-state index is 13.3. The lowest BCUT2D eigenvalue weighted by atomic mass is 9.88. The first-order valence-electron chi connectivity index (χ1n) is 5.98. The van der Waals surface area contributed by atoms with Gasteiger partial charge in [-0.05, 0) is 30.2 Å². The number of fused-ring (bicyclic) bond motifs is 1. The van der Waals surface area contributed by atoms with E-state index in [2.05, 4.69) is 9.47 Å². The van der Waals surface area contributed by atoms with E-state index in [1.165, 1.54) is 5.92 Å². The normalized spacial score (nSPS) is 20.3. The van der Waals surface area contributed by atoms with Crippen molar-refractivity contribution >= 4 is 12.0 Å². The number of alkyl halides is 6. The van der Waals surface area contributed by atoms with Crippen LogP contribution in [0.2, 0.25) is 0 Å². The summed E-state index contributed by atoms with van der Waals surface area (Å²) in [7, 11) is 0. The Kier molecular flexibility index (Phi) is 3.92. The molecule has 0 bridgehead atoms. The lowest BCUT2D eigenvalue weighted by Gasteiger charge is -2.35. The van der Waals surface area contributed by atoms with Gasteiger partial charge in [0.05, 0.1) is 0 Å². The summed E-state index contributed by atoms with van der Waals surface area (Å²) in [5.41, 5.74) is -5.27. The molecule has 0 amide bonds. The van der Waals surface area contributed by atoms with Gasteiger partial charge in [-0.1, -0.05) is 0 Å². The average molecular weight is 352 g/mol. The molecule has 0 spiro atoms. The Bertz CT molecular complexity index is 756. The molecule has 2 rings (SSSR count). The van der Waals surface area contributed by atoms with Crippen LogP contribution in [-0.2, 0) is 4.79 Å². The average Bonchev–Trinajstić information content (AvgIpc) is 2.42. The summed E-state index contributed by atoms with van der Waals surface area (Å²) in [6.07, 6.45) is -4.96. The molecule has 1 aliphatic rings. The van der Waals surface area contributed by atoms with Crippen LogP contribution in [0.3, 0.4) is 0 Å². The van der Waals surface area contributed by atoms with E-state index in [0.29, 0.717) is 18.2 Å². The van der Waals surface area contributed by atoms with Crippen molar-refractivity contribution in [1.29, 1.82) is 0 Å². The van der Waals surface area contributed by atoms with Crippen molar-refractivity contribution in [3.05, 3.63) is 29.3 Å². The maximum absolute atomic E-state index is 13.3. The van der Waals surface area contributed by atoms with Crippen LogP contribution in [0.5, 0.6) is 11.5 Å². The van der Waals surface area contributed by atoms with Gasteiger partial charge in [-0.3, -0.25) is 0 Å². The van der Waals surface area contributed by atoms with Crippen LogP contribution < -0.4 is 9.47 Å². The first-order valence-corrected chi connectivity index (χ1v) is 5.98. The van der Waals surface area contributed by atoms with E-state index < -0.39 is 41.2 Å². The fourth-order valence-electron chi connectivity index (χ4n) is 2.02. The molecule has 0 aliphatic carbocycles. The molecular formula is C14H6F6O4. The quantitative estimate of drug-likeness (QED) is 0.655. The lowest BCUT2D eigenvalue weighted by Crippen LogP contribution is -2.53. The minimum Gasteiger partial charge on any atom is -0.478 e. The number of carbonyl (C=O) groups is 1. The molecular weight excluding hydrogens is 346 g/mol. The molecule has 24 heavy (non-hydrogen) atoms. The number of halogens is 6. The topological polar surface area (TPSA) is 55.8 Å². The highest BCUT2D eigenvalue weighted by Crippen LogP contribution is 2.46. The van der Waals surface area contributed by atoms with Crippen LogP contribution >= 0.6 is 0 Å². The number of terminal acetylenes is 1. The van der Waals surface area contributed by atoms with Gasteiger partial charge in [-0.15, -0.1) is 19.6 Å². The molecule has 0 saturated carbocycles. The number of carboxylic acids is 1. The Morgan fingerprint density at radius 2 is 1.88 bits per heavy atom. The lowest BCUT2D eigenvalue weighted by molar-refractivity contribution is -0.274. The molecule has 128 valence electrons. The Labute approximate surface area is 130 Å². The maximum Gasteiger partial charge on any atom is 0.573 e. The molecule has 1 aromatic carbocycles. The summed E-state index contributed by atoms with van der Waals surface area (Å²) in [6.45, 7) is 0. The largest absolute Gasteiger partial charge is 0.573 e. The third-order valence-electron chi connectivity index (χ3n) is 2.99. The van der Waals surface area contributed by atoms with Gasteiger partial charge in [0.15, 0.2) is 0 Å². The molecule has 1 aliphatic heterocycles. The van der Waals surface area contributed by atoms with Crippen molar-refractivity contribution in [2.75, 3.05) is 0 Å². The highest BCUT2D eigenvalue weighted by molar-refractivity contribution is 5.97. The summed E-state index contributed by atoms with van der Waals surface area (Å²) < 4.78 is 84.6.